The van der Waals surface area contributed by atoms with Crippen molar-refractivity contribution in [1.82, 2.24) is 5.32 Å². The summed E-state index contributed by atoms with van der Waals surface area (Å²) in [5.74, 6) is 0.634. The highest BCUT2D eigenvalue weighted by molar-refractivity contribution is 5.77. The van der Waals surface area contributed by atoms with E-state index in [0.717, 1.165) is 25.7 Å². The van der Waals surface area contributed by atoms with Crippen molar-refractivity contribution in [3.8, 4) is 5.75 Å². The molecule has 2 unspecified atom stereocenters. The molecule has 0 aliphatic carbocycles. The molecule has 3 N–H and O–H groups in total. The summed E-state index contributed by atoms with van der Waals surface area (Å²) in [6.45, 7) is 6.25. The molecule has 21 heavy (non-hydrogen) atoms. The monoisotopic (exact) mass is 292 g/mol. The highest BCUT2D eigenvalue weighted by atomic mass is 16.5. The fourth-order valence-electron chi connectivity index (χ4n) is 2.14. The average Bonchev–Trinajstić information content (AvgIpc) is 2.46. The second-order valence-corrected chi connectivity index (χ2v) is 5.56. The maximum Gasteiger partial charge on any atom is 0.258 e. The fraction of sp³-hybridized carbons (Fsp3) is 0.588. The van der Waals surface area contributed by atoms with E-state index in [9.17, 15) is 4.79 Å². The molecule has 0 bridgehead atoms. The molecule has 0 aromatic heterocycles. The Morgan fingerprint density at radius 3 is 2.52 bits per heavy atom. The van der Waals surface area contributed by atoms with Crippen molar-refractivity contribution in [2.75, 3.05) is 6.61 Å². The lowest BCUT2D eigenvalue weighted by molar-refractivity contribution is -0.123. The van der Waals surface area contributed by atoms with Gasteiger partial charge in [0.25, 0.3) is 5.91 Å². The number of ether oxygens (including phenoxy) is 1. The lowest BCUT2D eigenvalue weighted by Crippen LogP contribution is -2.35. The molecule has 0 spiro atoms. The van der Waals surface area contributed by atoms with Crippen molar-refractivity contribution in [2.45, 2.75) is 58.5 Å². The van der Waals surface area contributed by atoms with Crippen molar-refractivity contribution < 1.29 is 9.53 Å². The Bertz CT molecular complexity index is 417. The van der Waals surface area contributed by atoms with E-state index < -0.39 is 0 Å². The summed E-state index contributed by atoms with van der Waals surface area (Å²) in [5, 5.41) is 2.92. The second-order valence-electron chi connectivity index (χ2n) is 5.56. The number of carbonyl (C=O) groups is 1. The predicted octanol–water partition coefficient (Wildman–Crippen LogP) is 2.65. The van der Waals surface area contributed by atoms with Crippen molar-refractivity contribution in [3.63, 3.8) is 0 Å². The summed E-state index contributed by atoms with van der Waals surface area (Å²) < 4.78 is 5.49. The van der Waals surface area contributed by atoms with Gasteiger partial charge in [-0.05, 0) is 43.9 Å². The van der Waals surface area contributed by atoms with Crippen LogP contribution in [0.5, 0.6) is 5.75 Å². The second kappa shape index (κ2) is 9.40. The Hall–Kier alpha value is -1.55. The normalized spacial score (nSPS) is 13.5. The third kappa shape index (κ3) is 7.14. The van der Waals surface area contributed by atoms with Gasteiger partial charge in [0.05, 0.1) is 0 Å². The van der Waals surface area contributed by atoms with Crippen LogP contribution >= 0.6 is 0 Å². The summed E-state index contributed by atoms with van der Waals surface area (Å²) in [6.07, 6.45) is 3.88. The van der Waals surface area contributed by atoms with Crippen LogP contribution < -0.4 is 15.8 Å². The molecule has 1 amide bonds. The van der Waals surface area contributed by atoms with E-state index >= 15 is 0 Å². The summed E-state index contributed by atoms with van der Waals surface area (Å²) in [4.78, 5) is 11.7. The largest absolute Gasteiger partial charge is 0.484 e. The molecule has 0 radical (unpaired) electrons. The molecule has 0 heterocycles. The van der Waals surface area contributed by atoms with E-state index in [4.69, 9.17) is 10.5 Å². The zero-order chi connectivity index (χ0) is 15.7. The van der Waals surface area contributed by atoms with E-state index in [2.05, 4.69) is 19.2 Å². The molecular formula is C17H28N2O2. The van der Waals surface area contributed by atoms with E-state index in [1.807, 2.05) is 31.2 Å². The van der Waals surface area contributed by atoms with E-state index in [1.54, 1.807) is 0 Å². The molecule has 0 saturated heterocycles. The van der Waals surface area contributed by atoms with Gasteiger partial charge in [-0.1, -0.05) is 32.4 Å². The van der Waals surface area contributed by atoms with Crippen LogP contribution in [-0.4, -0.2) is 24.6 Å². The van der Waals surface area contributed by atoms with Crippen LogP contribution in [0.15, 0.2) is 24.3 Å². The van der Waals surface area contributed by atoms with Gasteiger partial charge in [-0.25, -0.2) is 0 Å². The maximum absolute atomic E-state index is 11.7. The Labute approximate surface area is 128 Å². The van der Waals surface area contributed by atoms with Gasteiger partial charge in [0.2, 0.25) is 0 Å². The molecule has 1 aromatic carbocycles. The number of nitrogens with one attached hydrogen (secondary N) is 1. The molecule has 0 aliphatic heterocycles. The van der Waals surface area contributed by atoms with Gasteiger partial charge in [-0.3, -0.25) is 4.79 Å². The van der Waals surface area contributed by atoms with Crippen LogP contribution in [0.3, 0.4) is 0 Å². The first-order valence-electron chi connectivity index (χ1n) is 7.81. The topological polar surface area (TPSA) is 64.3 Å². The lowest BCUT2D eigenvalue weighted by Gasteiger charge is -2.13. The van der Waals surface area contributed by atoms with E-state index in [0.29, 0.717) is 5.75 Å². The first-order valence-corrected chi connectivity index (χ1v) is 7.81. The smallest absolute Gasteiger partial charge is 0.258 e. The first kappa shape index (κ1) is 17.5. The average molecular weight is 292 g/mol. The van der Waals surface area contributed by atoms with Gasteiger partial charge in [-0.15, -0.1) is 0 Å². The Kier molecular flexibility index (Phi) is 7.83. The van der Waals surface area contributed by atoms with Crippen molar-refractivity contribution in [1.29, 1.82) is 0 Å². The number of hydrogen-bond donors (Lipinski definition) is 2. The Morgan fingerprint density at radius 2 is 1.95 bits per heavy atom. The molecule has 0 aliphatic rings. The van der Waals surface area contributed by atoms with Crippen molar-refractivity contribution in [3.05, 3.63) is 29.8 Å². The fourth-order valence-corrected chi connectivity index (χ4v) is 2.14. The van der Waals surface area contributed by atoms with Crippen molar-refractivity contribution in [2.24, 2.45) is 5.73 Å². The van der Waals surface area contributed by atoms with Crippen LogP contribution in [0, 0.1) is 0 Å². The molecule has 0 fully saturated rings. The molecule has 4 nitrogen and oxygen atoms in total. The quantitative estimate of drug-likeness (QED) is 0.735. The van der Waals surface area contributed by atoms with Gasteiger partial charge >= 0.3 is 0 Å². The van der Waals surface area contributed by atoms with E-state index in [-0.39, 0.29) is 24.6 Å². The number of amides is 1. The van der Waals surface area contributed by atoms with Crippen LogP contribution in [0.2, 0.25) is 0 Å². The van der Waals surface area contributed by atoms with Gasteiger partial charge in [-0.2, -0.15) is 0 Å². The molecule has 0 saturated carbocycles. The number of carbonyl (C=O) groups excluding carboxylic acids is 1. The zero-order valence-electron chi connectivity index (χ0n) is 13.4. The number of nitrogens with two attached hydrogens (primary N) is 1. The lowest BCUT2D eigenvalue weighted by atomic mass is 10.0. The summed E-state index contributed by atoms with van der Waals surface area (Å²) in [7, 11) is 0. The molecule has 2 atom stereocenters. The predicted molar refractivity (Wildman–Crippen MR) is 86.4 cm³/mol. The highest BCUT2D eigenvalue weighted by Crippen LogP contribution is 2.13. The standard InChI is InChI=1S/C17H28N2O2/c1-4-6-13(3)19-17(20)12-21-16-9-7-14(8-10-16)11-15(18)5-2/h7-10,13,15H,4-6,11-12,18H2,1-3H3,(H,19,20). The van der Waals surface area contributed by atoms with Crippen LogP contribution in [0.25, 0.3) is 0 Å². The molecular weight excluding hydrogens is 264 g/mol. The number of hydrogen-bond acceptors (Lipinski definition) is 3. The minimum absolute atomic E-state index is 0.0574. The Balaban J connectivity index is 2.37. The van der Waals surface area contributed by atoms with Gasteiger partial charge in [0.15, 0.2) is 6.61 Å². The molecule has 1 aromatic rings. The molecule has 118 valence electrons. The highest BCUT2D eigenvalue weighted by Gasteiger charge is 2.07. The van der Waals surface area contributed by atoms with Gasteiger partial charge < -0.3 is 15.8 Å². The SMILES string of the molecule is CCCC(C)NC(=O)COc1ccc(CC(N)CC)cc1. The third-order valence-electron chi connectivity index (χ3n) is 3.44. The Morgan fingerprint density at radius 1 is 1.29 bits per heavy atom. The molecule has 4 heteroatoms. The maximum atomic E-state index is 11.7. The van der Waals surface area contributed by atoms with Gasteiger partial charge in [0, 0.05) is 12.1 Å². The number of rotatable bonds is 9. The summed E-state index contributed by atoms with van der Waals surface area (Å²) in [6, 6.07) is 8.18. The first-order chi connectivity index (χ1) is 10.0. The van der Waals surface area contributed by atoms with Crippen molar-refractivity contribution >= 4 is 5.91 Å². The minimum Gasteiger partial charge on any atom is -0.484 e. The minimum atomic E-state index is -0.0759. The zero-order valence-corrected chi connectivity index (χ0v) is 13.4. The van der Waals surface area contributed by atoms with Gasteiger partial charge in [0.1, 0.15) is 5.75 Å². The molecule has 1 rings (SSSR count). The third-order valence-corrected chi connectivity index (χ3v) is 3.44. The van der Waals surface area contributed by atoms with Crippen LogP contribution in [-0.2, 0) is 11.2 Å². The van der Waals surface area contributed by atoms with Crippen LogP contribution in [0.1, 0.15) is 45.6 Å². The van der Waals surface area contributed by atoms with Crippen LogP contribution in [0.4, 0.5) is 0 Å². The summed E-state index contributed by atoms with van der Waals surface area (Å²) >= 11 is 0. The summed E-state index contributed by atoms with van der Waals surface area (Å²) in [5.41, 5.74) is 7.12. The number of benzene rings is 1. The van der Waals surface area contributed by atoms with E-state index in [1.165, 1.54) is 5.56 Å².